The lowest BCUT2D eigenvalue weighted by Crippen LogP contribution is -2.37. The summed E-state index contributed by atoms with van der Waals surface area (Å²) in [7, 11) is 2.05. The fourth-order valence-electron chi connectivity index (χ4n) is 6.18. The van der Waals surface area contributed by atoms with Gasteiger partial charge in [-0.3, -0.25) is 9.69 Å². The number of nitrogens with one attached hydrogen (secondary N) is 1. The van der Waals surface area contributed by atoms with E-state index in [1.165, 1.54) is 5.56 Å². The summed E-state index contributed by atoms with van der Waals surface area (Å²) < 4.78 is 82.3. The van der Waals surface area contributed by atoms with Gasteiger partial charge in [0, 0.05) is 31.6 Å². The van der Waals surface area contributed by atoms with E-state index in [1.54, 1.807) is 24.3 Å². The number of aliphatic hydroxyl groups is 1. The molecule has 1 aliphatic heterocycles. The van der Waals surface area contributed by atoms with Gasteiger partial charge in [0.1, 0.15) is 5.56 Å². The number of carbonyl (C=O) groups excluding carboxylic acids is 1. The first kappa shape index (κ1) is 35.9. The zero-order valence-electron chi connectivity index (χ0n) is 27.6. The van der Waals surface area contributed by atoms with Gasteiger partial charge in [-0.2, -0.15) is 0 Å². The van der Waals surface area contributed by atoms with E-state index in [2.05, 4.69) is 22.3 Å². The van der Waals surface area contributed by atoms with Crippen molar-refractivity contribution >= 4 is 5.91 Å². The second-order valence-corrected chi connectivity index (χ2v) is 12.4. The van der Waals surface area contributed by atoms with Crippen molar-refractivity contribution < 1.29 is 41.3 Å². The molecule has 1 heterocycles. The van der Waals surface area contributed by atoms with Gasteiger partial charge in [-0.1, -0.05) is 103 Å². The number of hydrogen-bond acceptors (Lipinski definition) is 5. The smallest absolute Gasteiger partial charge is 0.257 e. The van der Waals surface area contributed by atoms with Crippen LogP contribution in [0.1, 0.15) is 57.0 Å². The number of carbonyl (C=O) groups is 1. The molecule has 6 rings (SSSR count). The topological polar surface area (TPSA) is 71.0 Å². The van der Waals surface area contributed by atoms with E-state index in [-0.39, 0.29) is 25.4 Å². The first-order valence-corrected chi connectivity index (χ1v) is 16.3. The molecule has 1 amide bonds. The van der Waals surface area contributed by atoms with Crippen LogP contribution in [0, 0.1) is 29.1 Å². The van der Waals surface area contributed by atoms with Crippen molar-refractivity contribution in [1.82, 2.24) is 10.2 Å². The monoisotopic (exact) mass is 702 g/mol. The van der Waals surface area contributed by atoms with Crippen molar-refractivity contribution in [2.24, 2.45) is 0 Å². The van der Waals surface area contributed by atoms with E-state index in [0.29, 0.717) is 24.1 Å². The van der Waals surface area contributed by atoms with Crippen LogP contribution in [0.4, 0.5) is 22.0 Å². The van der Waals surface area contributed by atoms with Crippen LogP contribution < -0.4 is 5.32 Å². The lowest BCUT2D eigenvalue weighted by molar-refractivity contribution is -0.252. The fourth-order valence-corrected chi connectivity index (χ4v) is 6.18. The second kappa shape index (κ2) is 15.9. The molecular formula is C40H35F5N2O4. The maximum atomic E-state index is 14.2. The maximum absolute atomic E-state index is 14.2. The number of amides is 1. The molecule has 0 radical (unpaired) electrons. The maximum Gasteiger partial charge on any atom is 0.257 e. The molecule has 5 aromatic carbocycles. The molecule has 3 atom stereocenters. The molecule has 0 aromatic heterocycles. The molecule has 6 nitrogen and oxygen atoms in total. The van der Waals surface area contributed by atoms with Gasteiger partial charge in [0.05, 0.1) is 18.8 Å². The molecule has 11 heteroatoms. The van der Waals surface area contributed by atoms with Crippen molar-refractivity contribution in [3.63, 3.8) is 0 Å². The zero-order chi connectivity index (χ0) is 36.1. The molecule has 0 spiro atoms. The molecule has 1 fully saturated rings. The van der Waals surface area contributed by atoms with Gasteiger partial charge in [0.15, 0.2) is 29.6 Å². The minimum Gasteiger partial charge on any atom is -0.392 e. The fraction of sp³-hybridized carbons (Fsp3) is 0.225. The predicted octanol–water partition coefficient (Wildman–Crippen LogP) is 8.15. The molecule has 0 unspecified atom stereocenters. The number of rotatable bonds is 11. The summed E-state index contributed by atoms with van der Waals surface area (Å²) in [6.07, 6.45) is -0.507. The van der Waals surface area contributed by atoms with Crippen LogP contribution in [0.15, 0.2) is 103 Å². The van der Waals surface area contributed by atoms with Crippen LogP contribution in [-0.2, 0) is 29.2 Å². The first-order chi connectivity index (χ1) is 24.6. The molecule has 0 saturated carbocycles. The van der Waals surface area contributed by atoms with Gasteiger partial charge in [0.2, 0.25) is 5.82 Å². The van der Waals surface area contributed by atoms with Crippen molar-refractivity contribution in [2.75, 3.05) is 13.6 Å². The third-order valence-electron chi connectivity index (χ3n) is 8.81. The Bertz CT molecular complexity index is 1950. The highest BCUT2D eigenvalue weighted by Crippen LogP contribution is 2.39. The Morgan fingerprint density at radius 2 is 1.35 bits per heavy atom. The van der Waals surface area contributed by atoms with Crippen molar-refractivity contribution in [1.29, 1.82) is 0 Å². The molecule has 5 aromatic rings. The average molecular weight is 703 g/mol. The predicted molar refractivity (Wildman–Crippen MR) is 180 cm³/mol. The van der Waals surface area contributed by atoms with E-state index >= 15 is 0 Å². The standard InChI is InChI=1S/C40H35F5N2O4/c1-47(21-24-7-3-2-4-8-24)22-30-19-32(27-13-11-25(23-48)12-14-27)51-40(50-30)28-17-15-26(16-18-28)31-10-6-5-9-29(31)20-46-39(49)33-34(41)36(43)38(45)37(44)35(33)42/h2-18,30,32,40,48H,19-23H2,1H3,(H,46,49)/t30-,32+,40+/m1/s1. The Balaban J connectivity index is 1.19. The molecule has 1 aliphatic rings. The summed E-state index contributed by atoms with van der Waals surface area (Å²) in [5.74, 6) is -12.6. The van der Waals surface area contributed by atoms with Crippen LogP contribution in [-0.4, -0.2) is 35.6 Å². The summed E-state index contributed by atoms with van der Waals surface area (Å²) in [5, 5.41) is 11.8. The zero-order valence-corrected chi connectivity index (χ0v) is 27.6. The van der Waals surface area contributed by atoms with E-state index in [4.69, 9.17) is 9.47 Å². The Hall–Kier alpha value is -4.94. The number of benzene rings is 5. The number of likely N-dealkylation sites (N-methyl/N-ethyl adjacent to an activating group) is 1. The Morgan fingerprint density at radius 1 is 0.745 bits per heavy atom. The highest BCUT2D eigenvalue weighted by Gasteiger charge is 2.33. The van der Waals surface area contributed by atoms with E-state index in [0.717, 1.165) is 28.8 Å². The van der Waals surface area contributed by atoms with Crippen LogP contribution in [0.25, 0.3) is 11.1 Å². The van der Waals surface area contributed by atoms with Crippen LogP contribution in [0.5, 0.6) is 0 Å². The van der Waals surface area contributed by atoms with E-state index < -0.39 is 46.8 Å². The molecule has 0 aliphatic carbocycles. The minimum absolute atomic E-state index is 0.0579. The largest absolute Gasteiger partial charge is 0.392 e. The van der Waals surface area contributed by atoms with Gasteiger partial charge >= 0.3 is 0 Å². The van der Waals surface area contributed by atoms with Crippen LogP contribution in [0.2, 0.25) is 0 Å². The number of hydrogen-bond donors (Lipinski definition) is 2. The van der Waals surface area contributed by atoms with Gasteiger partial charge in [0.25, 0.3) is 5.91 Å². The van der Waals surface area contributed by atoms with Gasteiger partial charge in [-0.15, -0.1) is 0 Å². The average Bonchev–Trinajstić information content (AvgIpc) is 3.16. The Labute approximate surface area is 292 Å². The quantitative estimate of drug-likeness (QED) is 0.0827. The molecule has 0 bridgehead atoms. The number of halogens is 5. The van der Waals surface area contributed by atoms with Gasteiger partial charge < -0.3 is 19.9 Å². The van der Waals surface area contributed by atoms with E-state index in [9.17, 15) is 31.9 Å². The molecular weight excluding hydrogens is 667 g/mol. The van der Waals surface area contributed by atoms with Crippen molar-refractivity contribution in [2.45, 2.75) is 44.6 Å². The molecule has 264 valence electrons. The summed E-state index contributed by atoms with van der Waals surface area (Å²) in [6, 6.07) is 32.2. The summed E-state index contributed by atoms with van der Waals surface area (Å²) >= 11 is 0. The lowest BCUT2D eigenvalue weighted by atomic mass is 9.97. The van der Waals surface area contributed by atoms with E-state index in [1.807, 2.05) is 73.8 Å². The summed E-state index contributed by atoms with van der Waals surface area (Å²) in [6.45, 7) is 1.10. The van der Waals surface area contributed by atoms with Crippen LogP contribution >= 0.6 is 0 Å². The number of aliphatic hydroxyl groups excluding tert-OH is 1. The Morgan fingerprint density at radius 3 is 2.02 bits per heavy atom. The SMILES string of the molecule is CN(Cc1ccccc1)C[C@H]1C[C@@H](c2ccc(CO)cc2)O[C@@H](c2ccc(-c3ccccc3CNC(=O)c3c(F)c(F)c(F)c(F)c3F)cc2)O1. The van der Waals surface area contributed by atoms with Crippen molar-refractivity contribution in [3.8, 4) is 11.1 Å². The third-order valence-corrected chi connectivity index (χ3v) is 8.81. The molecule has 1 saturated heterocycles. The highest BCUT2D eigenvalue weighted by molar-refractivity contribution is 5.95. The first-order valence-electron chi connectivity index (χ1n) is 16.3. The van der Waals surface area contributed by atoms with Gasteiger partial charge in [-0.25, -0.2) is 22.0 Å². The molecule has 2 N–H and O–H groups in total. The number of ether oxygens (including phenoxy) is 2. The normalized spacial score (nSPS) is 17.5. The third kappa shape index (κ3) is 8.18. The van der Waals surface area contributed by atoms with Crippen molar-refractivity contribution in [3.05, 3.63) is 166 Å². The highest BCUT2D eigenvalue weighted by atomic mass is 19.2. The Kier molecular flexibility index (Phi) is 11.2. The van der Waals surface area contributed by atoms with Crippen LogP contribution in [0.3, 0.4) is 0 Å². The minimum atomic E-state index is -2.34. The summed E-state index contributed by atoms with van der Waals surface area (Å²) in [4.78, 5) is 14.8. The second-order valence-electron chi connectivity index (χ2n) is 12.4. The summed E-state index contributed by atoms with van der Waals surface area (Å²) in [5.41, 5.74) is 4.13. The van der Waals surface area contributed by atoms with Gasteiger partial charge in [-0.05, 0) is 40.4 Å². The number of nitrogens with zero attached hydrogens (tertiary/aromatic N) is 1. The molecule has 51 heavy (non-hydrogen) atoms. The lowest BCUT2D eigenvalue weighted by Gasteiger charge is -2.38.